The summed E-state index contributed by atoms with van der Waals surface area (Å²) in [6, 6.07) is 12.4. The molecule has 0 aliphatic rings. The number of ether oxygens (including phenoxy) is 2. The maximum absolute atomic E-state index is 12.0. The molecule has 0 aliphatic heterocycles. The molecule has 0 saturated heterocycles. The third kappa shape index (κ3) is 5.98. The maximum atomic E-state index is 12.0. The molecule has 156 valence electrons. The van der Waals surface area contributed by atoms with Gasteiger partial charge in [-0.25, -0.2) is 5.43 Å². The van der Waals surface area contributed by atoms with Crippen LogP contribution in [0.25, 0.3) is 0 Å². The van der Waals surface area contributed by atoms with Crippen LogP contribution in [0, 0.1) is 0 Å². The molecule has 0 saturated carbocycles. The number of nitrogens with one attached hydrogen (secondary N) is 1. The molecule has 30 heavy (non-hydrogen) atoms. The lowest BCUT2D eigenvalue weighted by molar-refractivity contribution is 0.0959. The largest absolute Gasteiger partial charge is 0.490 e. The number of carbonyl (C=O) groups excluding carboxylic acids is 1. The van der Waals surface area contributed by atoms with Crippen molar-refractivity contribution in [2.45, 2.75) is 13.5 Å². The molecule has 0 spiro atoms. The molecule has 0 radical (unpaired) electrons. The van der Waals surface area contributed by atoms with E-state index in [1.807, 2.05) is 30.5 Å². The monoisotopic (exact) mass is 526 g/mol. The van der Waals surface area contributed by atoms with Gasteiger partial charge in [-0.05, 0) is 64.1 Å². The lowest BCUT2D eigenvalue weighted by Crippen LogP contribution is -2.16. The lowest BCUT2D eigenvalue weighted by atomic mass is 10.2. The van der Waals surface area contributed by atoms with E-state index in [0.29, 0.717) is 37.5 Å². The van der Waals surface area contributed by atoms with Crippen molar-refractivity contribution in [3.8, 4) is 11.5 Å². The predicted octanol–water partition coefficient (Wildman–Crippen LogP) is 6.56. The summed E-state index contributed by atoms with van der Waals surface area (Å²) in [6.07, 6.45) is 1.54. The summed E-state index contributed by atoms with van der Waals surface area (Å²) < 4.78 is 12.4. The number of amides is 1. The third-order valence-electron chi connectivity index (χ3n) is 3.84. The highest BCUT2D eigenvalue weighted by Gasteiger charge is 2.13. The zero-order chi connectivity index (χ0) is 21.5. The number of hydrazone groups is 1. The van der Waals surface area contributed by atoms with Crippen molar-refractivity contribution in [1.82, 2.24) is 5.43 Å². The van der Waals surface area contributed by atoms with Gasteiger partial charge in [-0.3, -0.25) is 4.79 Å². The van der Waals surface area contributed by atoms with Crippen molar-refractivity contribution in [3.63, 3.8) is 0 Å². The van der Waals surface area contributed by atoms with E-state index in [2.05, 4.69) is 26.5 Å². The SMILES string of the molecule is CCOc1cc(/C=N\NC(=O)c2cccs2)cc(Br)c1OCc1ccc(Cl)cc1Cl. The molecular formula is C21H17BrCl2N2O3S. The van der Waals surface area contributed by atoms with Gasteiger partial charge in [-0.15, -0.1) is 11.3 Å². The van der Waals surface area contributed by atoms with Crippen molar-refractivity contribution >= 4 is 62.6 Å². The van der Waals surface area contributed by atoms with Gasteiger partial charge in [0.2, 0.25) is 0 Å². The molecule has 0 fully saturated rings. The van der Waals surface area contributed by atoms with Crippen LogP contribution in [0.2, 0.25) is 10.0 Å². The van der Waals surface area contributed by atoms with Gasteiger partial charge in [-0.1, -0.05) is 35.3 Å². The highest BCUT2D eigenvalue weighted by Crippen LogP contribution is 2.37. The summed E-state index contributed by atoms with van der Waals surface area (Å²) in [4.78, 5) is 12.6. The number of hydrogen-bond donors (Lipinski definition) is 1. The molecule has 1 amide bonds. The summed E-state index contributed by atoms with van der Waals surface area (Å²) in [7, 11) is 0. The number of thiophene rings is 1. The fourth-order valence-corrected chi connectivity index (χ4v) is 4.13. The first kappa shape index (κ1) is 22.6. The second-order valence-corrected chi connectivity index (χ2v) is 8.61. The van der Waals surface area contributed by atoms with Crippen molar-refractivity contribution in [2.24, 2.45) is 5.10 Å². The van der Waals surface area contributed by atoms with Crippen LogP contribution < -0.4 is 14.9 Å². The van der Waals surface area contributed by atoms with Crippen molar-refractivity contribution in [1.29, 1.82) is 0 Å². The molecule has 0 unspecified atom stereocenters. The first-order valence-corrected chi connectivity index (χ1v) is 11.3. The van der Waals surface area contributed by atoms with Crippen LogP contribution in [-0.2, 0) is 6.61 Å². The van der Waals surface area contributed by atoms with E-state index in [4.69, 9.17) is 32.7 Å². The predicted molar refractivity (Wildman–Crippen MR) is 125 cm³/mol. The number of benzene rings is 2. The minimum absolute atomic E-state index is 0.249. The zero-order valence-corrected chi connectivity index (χ0v) is 19.7. The number of halogens is 3. The maximum Gasteiger partial charge on any atom is 0.281 e. The van der Waals surface area contributed by atoms with Gasteiger partial charge < -0.3 is 9.47 Å². The number of rotatable bonds is 8. The zero-order valence-electron chi connectivity index (χ0n) is 15.8. The minimum Gasteiger partial charge on any atom is -0.490 e. The Labute approximate surface area is 196 Å². The Morgan fingerprint density at radius 3 is 2.77 bits per heavy atom. The average Bonchev–Trinajstić information content (AvgIpc) is 3.24. The van der Waals surface area contributed by atoms with Crippen LogP contribution in [0.5, 0.6) is 11.5 Å². The highest BCUT2D eigenvalue weighted by atomic mass is 79.9. The first-order valence-electron chi connectivity index (χ1n) is 8.88. The molecule has 2 aromatic carbocycles. The Morgan fingerprint density at radius 2 is 2.07 bits per heavy atom. The molecule has 3 aromatic rings. The third-order valence-corrected chi connectivity index (χ3v) is 5.89. The molecule has 9 heteroatoms. The van der Waals surface area contributed by atoms with Crippen LogP contribution in [-0.4, -0.2) is 18.7 Å². The Morgan fingerprint density at radius 1 is 1.23 bits per heavy atom. The number of carbonyl (C=O) groups is 1. The van der Waals surface area contributed by atoms with Gasteiger partial charge in [0.1, 0.15) is 6.61 Å². The highest BCUT2D eigenvalue weighted by molar-refractivity contribution is 9.10. The van der Waals surface area contributed by atoms with Gasteiger partial charge in [0.15, 0.2) is 11.5 Å². The standard InChI is InChI=1S/C21H17BrCl2N2O3S/c1-2-28-18-9-13(11-25-26-21(27)19-4-3-7-30-19)8-16(22)20(18)29-12-14-5-6-15(23)10-17(14)24/h3-11H,2,12H2,1H3,(H,26,27)/b25-11-. The van der Waals surface area contributed by atoms with E-state index >= 15 is 0 Å². The second kappa shape index (κ2) is 10.8. The minimum atomic E-state index is -0.259. The molecule has 0 atom stereocenters. The topological polar surface area (TPSA) is 59.9 Å². The van der Waals surface area contributed by atoms with Gasteiger partial charge >= 0.3 is 0 Å². The smallest absolute Gasteiger partial charge is 0.281 e. The van der Waals surface area contributed by atoms with Gasteiger partial charge in [0.05, 0.1) is 22.2 Å². The Bertz CT molecular complexity index is 1060. The summed E-state index contributed by atoms with van der Waals surface area (Å²) in [5.74, 6) is 0.829. The van der Waals surface area contributed by atoms with Gasteiger partial charge in [0.25, 0.3) is 5.91 Å². The number of hydrogen-bond acceptors (Lipinski definition) is 5. The second-order valence-electron chi connectivity index (χ2n) is 5.96. The molecule has 1 aromatic heterocycles. The fraction of sp³-hybridized carbons (Fsp3) is 0.143. The molecule has 1 heterocycles. The van der Waals surface area contributed by atoms with Crippen molar-refractivity contribution in [2.75, 3.05) is 6.61 Å². The van der Waals surface area contributed by atoms with Crippen LogP contribution in [0.4, 0.5) is 0 Å². The molecule has 1 N–H and O–H groups in total. The van der Waals surface area contributed by atoms with Crippen LogP contribution >= 0.6 is 50.5 Å². The van der Waals surface area contributed by atoms with E-state index in [0.717, 1.165) is 11.1 Å². The van der Waals surface area contributed by atoms with Crippen LogP contribution in [0.3, 0.4) is 0 Å². The van der Waals surface area contributed by atoms with E-state index in [9.17, 15) is 4.79 Å². The quantitative estimate of drug-likeness (QED) is 0.266. The molecule has 0 aliphatic carbocycles. The van der Waals surface area contributed by atoms with E-state index in [1.54, 1.807) is 30.5 Å². The van der Waals surface area contributed by atoms with Crippen LogP contribution in [0.1, 0.15) is 27.7 Å². The summed E-state index contributed by atoms with van der Waals surface area (Å²) in [5, 5.41) is 6.95. The lowest BCUT2D eigenvalue weighted by Gasteiger charge is -2.15. The molecular weight excluding hydrogens is 511 g/mol. The summed E-state index contributed by atoms with van der Waals surface area (Å²) in [6.45, 7) is 2.59. The summed E-state index contributed by atoms with van der Waals surface area (Å²) >= 11 is 17.0. The van der Waals surface area contributed by atoms with Crippen LogP contribution in [0.15, 0.2) is 57.4 Å². The van der Waals surface area contributed by atoms with Crippen molar-refractivity contribution < 1.29 is 14.3 Å². The number of nitrogens with zero attached hydrogens (tertiary/aromatic N) is 1. The van der Waals surface area contributed by atoms with E-state index < -0.39 is 0 Å². The Balaban J connectivity index is 1.74. The fourth-order valence-electron chi connectivity index (χ4n) is 2.48. The van der Waals surface area contributed by atoms with E-state index in [-0.39, 0.29) is 12.5 Å². The van der Waals surface area contributed by atoms with E-state index in [1.165, 1.54) is 11.3 Å². The molecule has 3 rings (SSSR count). The Hall–Kier alpha value is -2.06. The Kier molecular flexibility index (Phi) is 8.16. The van der Waals surface area contributed by atoms with Crippen molar-refractivity contribution in [3.05, 3.63) is 78.4 Å². The first-order chi connectivity index (χ1) is 14.5. The average molecular weight is 528 g/mol. The normalized spacial score (nSPS) is 10.9. The van der Waals surface area contributed by atoms with Gasteiger partial charge in [-0.2, -0.15) is 5.10 Å². The van der Waals surface area contributed by atoms with Gasteiger partial charge in [0, 0.05) is 15.6 Å². The molecule has 0 bridgehead atoms. The summed E-state index contributed by atoms with van der Waals surface area (Å²) in [5.41, 5.74) is 4.04. The molecule has 5 nitrogen and oxygen atoms in total.